The molecule has 0 saturated carbocycles. The summed E-state index contributed by atoms with van der Waals surface area (Å²) in [6, 6.07) is 3.75. The van der Waals surface area contributed by atoms with E-state index in [4.69, 9.17) is 21.1 Å². The Labute approximate surface area is 164 Å². The van der Waals surface area contributed by atoms with Crippen molar-refractivity contribution < 1.29 is 27.5 Å². The highest BCUT2D eigenvalue weighted by atomic mass is 35.5. The van der Waals surface area contributed by atoms with Crippen LogP contribution in [0.5, 0.6) is 0 Å². The van der Waals surface area contributed by atoms with Crippen molar-refractivity contribution in [2.75, 3.05) is 33.8 Å². The molecule has 10 heteroatoms. The van der Waals surface area contributed by atoms with Crippen molar-refractivity contribution in [3.63, 3.8) is 0 Å². The fourth-order valence-electron chi connectivity index (χ4n) is 2.71. The maximum atomic E-state index is 12.3. The molecule has 0 spiro atoms. The van der Waals surface area contributed by atoms with Crippen LogP contribution in [0.4, 0.5) is 0 Å². The summed E-state index contributed by atoms with van der Waals surface area (Å²) in [6.45, 7) is 4.09. The summed E-state index contributed by atoms with van der Waals surface area (Å²) in [7, 11) is -0.973. The van der Waals surface area contributed by atoms with Gasteiger partial charge in [-0.2, -0.15) is 0 Å². The fourth-order valence-corrected chi connectivity index (χ4v) is 3.83. The van der Waals surface area contributed by atoms with Crippen molar-refractivity contribution in [3.05, 3.63) is 28.8 Å². The van der Waals surface area contributed by atoms with Gasteiger partial charge in [0, 0.05) is 27.2 Å². The van der Waals surface area contributed by atoms with Crippen LogP contribution in [0, 0.1) is 0 Å². The van der Waals surface area contributed by atoms with E-state index in [9.17, 15) is 18.0 Å². The van der Waals surface area contributed by atoms with Gasteiger partial charge in [-0.1, -0.05) is 11.6 Å². The van der Waals surface area contributed by atoms with Crippen LogP contribution in [0.1, 0.15) is 24.2 Å². The zero-order valence-corrected chi connectivity index (χ0v) is 17.2. The molecule has 0 N–H and O–H groups in total. The van der Waals surface area contributed by atoms with Gasteiger partial charge >= 0.3 is 5.97 Å². The summed E-state index contributed by atoms with van der Waals surface area (Å²) in [4.78, 5) is 26.1. The molecule has 1 amide bonds. The average molecular weight is 419 g/mol. The molecule has 2 rings (SSSR count). The first-order chi connectivity index (χ1) is 12.5. The molecule has 2 atom stereocenters. The van der Waals surface area contributed by atoms with E-state index >= 15 is 0 Å². The molecule has 150 valence electrons. The van der Waals surface area contributed by atoms with Gasteiger partial charge in [-0.15, -0.1) is 0 Å². The number of ether oxygens (including phenoxy) is 2. The largest absolute Gasteiger partial charge is 0.452 e. The minimum absolute atomic E-state index is 0.0405. The van der Waals surface area contributed by atoms with Crippen LogP contribution < -0.4 is 0 Å². The van der Waals surface area contributed by atoms with Gasteiger partial charge in [0.1, 0.15) is 0 Å². The van der Waals surface area contributed by atoms with Gasteiger partial charge in [0.15, 0.2) is 6.61 Å². The van der Waals surface area contributed by atoms with E-state index in [1.807, 2.05) is 13.8 Å². The smallest absolute Gasteiger partial charge is 0.340 e. The highest BCUT2D eigenvalue weighted by molar-refractivity contribution is 7.89. The first-order valence-corrected chi connectivity index (χ1v) is 10.2. The minimum Gasteiger partial charge on any atom is -0.452 e. The van der Waals surface area contributed by atoms with E-state index in [2.05, 4.69) is 0 Å². The predicted molar refractivity (Wildman–Crippen MR) is 99.2 cm³/mol. The molecule has 1 aliphatic rings. The Morgan fingerprint density at radius 3 is 2.41 bits per heavy atom. The molecular formula is C17H23ClN2O6S. The molecule has 1 heterocycles. The number of carbonyl (C=O) groups is 2. The second-order valence-corrected chi connectivity index (χ2v) is 9.12. The fraction of sp³-hybridized carbons (Fsp3) is 0.529. The zero-order valence-electron chi connectivity index (χ0n) is 15.6. The molecule has 1 aliphatic heterocycles. The van der Waals surface area contributed by atoms with E-state index in [0.717, 1.165) is 10.4 Å². The van der Waals surface area contributed by atoms with Crippen molar-refractivity contribution in [3.8, 4) is 0 Å². The number of carbonyl (C=O) groups excluding carboxylic acids is 2. The van der Waals surface area contributed by atoms with Crippen molar-refractivity contribution in [1.82, 2.24) is 9.21 Å². The summed E-state index contributed by atoms with van der Waals surface area (Å²) in [5.74, 6) is -1.21. The molecule has 0 unspecified atom stereocenters. The molecule has 1 fully saturated rings. The van der Waals surface area contributed by atoms with Crippen LogP contribution >= 0.6 is 11.6 Å². The molecule has 0 bridgehead atoms. The van der Waals surface area contributed by atoms with E-state index in [0.29, 0.717) is 13.1 Å². The zero-order chi connectivity index (χ0) is 20.4. The summed E-state index contributed by atoms with van der Waals surface area (Å²) < 4.78 is 36.1. The number of hydrogen-bond donors (Lipinski definition) is 0. The van der Waals surface area contributed by atoms with Crippen molar-refractivity contribution >= 4 is 33.5 Å². The van der Waals surface area contributed by atoms with Crippen LogP contribution in [0.15, 0.2) is 23.1 Å². The Balaban J connectivity index is 2.09. The number of nitrogens with zero attached hydrogens (tertiary/aromatic N) is 2. The van der Waals surface area contributed by atoms with Crippen molar-refractivity contribution in [2.45, 2.75) is 31.0 Å². The van der Waals surface area contributed by atoms with Crippen LogP contribution in [-0.4, -0.2) is 75.5 Å². The van der Waals surface area contributed by atoms with Gasteiger partial charge in [0.2, 0.25) is 10.0 Å². The van der Waals surface area contributed by atoms with Gasteiger partial charge in [0.25, 0.3) is 5.91 Å². The standard InChI is InChI=1S/C17H23ClN2O6S/c1-11-8-20(9-12(2)26-11)16(21)10-25-17(22)14-7-13(5-6-15(14)18)27(23,24)19(3)4/h5-7,11-12H,8-10H2,1-4H3/t11-,12+. The monoisotopic (exact) mass is 418 g/mol. The molecule has 1 saturated heterocycles. The third-order valence-electron chi connectivity index (χ3n) is 4.04. The normalized spacial score (nSPS) is 20.6. The Bertz CT molecular complexity index is 817. The molecule has 8 nitrogen and oxygen atoms in total. The lowest BCUT2D eigenvalue weighted by atomic mass is 10.2. The number of morpholine rings is 1. The number of hydrogen-bond acceptors (Lipinski definition) is 6. The highest BCUT2D eigenvalue weighted by Gasteiger charge is 2.27. The topological polar surface area (TPSA) is 93.2 Å². The van der Waals surface area contributed by atoms with Gasteiger partial charge in [-0.3, -0.25) is 4.79 Å². The predicted octanol–water partition coefficient (Wildman–Crippen LogP) is 1.38. The lowest BCUT2D eigenvalue weighted by molar-refractivity contribution is -0.146. The van der Waals surface area contributed by atoms with Crippen LogP contribution in [0.3, 0.4) is 0 Å². The van der Waals surface area contributed by atoms with E-state index < -0.39 is 22.6 Å². The average Bonchev–Trinajstić information content (AvgIpc) is 2.58. The first-order valence-electron chi connectivity index (χ1n) is 8.34. The number of rotatable bonds is 5. The summed E-state index contributed by atoms with van der Waals surface area (Å²) in [5.41, 5.74) is -0.115. The quantitative estimate of drug-likeness (QED) is 0.671. The molecule has 0 aromatic heterocycles. The van der Waals surface area contributed by atoms with E-state index in [1.165, 1.54) is 26.2 Å². The highest BCUT2D eigenvalue weighted by Crippen LogP contribution is 2.23. The Kier molecular flexibility index (Phi) is 6.85. The molecule has 1 aromatic carbocycles. The molecule has 1 aromatic rings. The van der Waals surface area contributed by atoms with Crippen LogP contribution in [0.2, 0.25) is 5.02 Å². The molecule has 0 aliphatic carbocycles. The SMILES string of the molecule is C[C@@H]1CN(C(=O)COC(=O)c2cc(S(=O)(=O)N(C)C)ccc2Cl)C[C@H](C)O1. The van der Waals surface area contributed by atoms with Gasteiger partial charge in [-0.25, -0.2) is 17.5 Å². The van der Waals surface area contributed by atoms with Gasteiger partial charge in [-0.05, 0) is 32.0 Å². The van der Waals surface area contributed by atoms with Gasteiger partial charge < -0.3 is 14.4 Å². The number of sulfonamides is 1. The summed E-state index contributed by atoms with van der Waals surface area (Å²) in [5, 5.41) is 0.0405. The first kappa shape index (κ1) is 21.6. The maximum Gasteiger partial charge on any atom is 0.340 e. The van der Waals surface area contributed by atoms with E-state index in [-0.39, 0.29) is 33.6 Å². The van der Waals surface area contributed by atoms with Crippen molar-refractivity contribution in [1.29, 1.82) is 0 Å². The summed E-state index contributed by atoms with van der Waals surface area (Å²) >= 11 is 6.00. The third kappa shape index (κ3) is 5.19. The van der Waals surface area contributed by atoms with Crippen molar-refractivity contribution in [2.24, 2.45) is 0 Å². The molecule has 0 radical (unpaired) electrons. The van der Waals surface area contributed by atoms with Crippen LogP contribution in [-0.2, 0) is 24.3 Å². The number of esters is 1. The molecular weight excluding hydrogens is 396 g/mol. The Hall–Kier alpha value is -1.68. The lowest BCUT2D eigenvalue weighted by Crippen LogP contribution is -2.49. The third-order valence-corrected chi connectivity index (χ3v) is 6.18. The maximum absolute atomic E-state index is 12.3. The second-order valence-electron chi connectivity index (χ2n) is 6.56. The number of halogens is 1. The van der Waals surface area contributed by atoms with E-state index in [1.54, 1.807) is 4.90 Å². The minimum atomic E-state index is -3.73. The van der Waals surface area contributed by atoms with Crippen LogP contribution in [0.25, 0.3) is 0 Å². The molecule has 27 heavy (non-hydrogen) atoms. The number of benzene rings is 1. The lowest BCUT2D eigenvalue weighted by Gasteiger charge is -2.35. The Morgan fingerprint density at radius 2 is 1.85 bits per heavy atom. The number of amides is 1. The Morgan fingerprint density at radius 1 is 1.26 bits per heavy atom. The van der Waals surface area contributed by atoms with Gasteiger partial charge in [0.05, 0.1) is 27.7 Å². The summed E-state index contributed by atoms with van der Waals surface area (Å²) in [6.07, 6.45) is -0.202. The second kappa shape index (κ2) is 8.55.